The summed E-state index contributed by atoms with van der Waals surface area (Å²) in [4.78, 5) is 4.70. The molecule has 3 atom stereocenters. The number of nitrogens with zero attached hydrogens (tertiary/aromatic N) is 4. The lowest BCUT2D eigenvalue weighted by Gasteiger charge is -2.42. The number of aliphatic hydroxyl groups is 1. The molecule has 0 saturated carbocycles. The smallest absolute Gasteiger partial charge is 0.247 e. The number of benzene rings is 1. The maximum absolute atomic E-state index is 9.60. The minimum absolute atomic E-state index is 0.0890. The molecule has 1 saturated heterocycles. The van der Waals surface area contributed by atoms with Gasteiger partial charge in [-0.1, -0.05) is 18.2 Å². The molecule has 2 aromatic rings. The third-order valence-corrected chi connectivity index (χ3v) is 4.66. The van der Waals surface area contributed by atoms with Crippen LogP contribution in [0.25, 0.3) is 11.5 Å². The molecular weight excluding hydrogens is 304 g/mol. The van der Waals surface area contributed by atoms with Crippen molar-refractivity contribution in [3.05, 3.63) is 36.2 Å². The van der Waals surface area contributed by atoms with Gasteiger partial charge in [-0.2, -0.15) is 0 Å². The molecule has 130 valence electrons. The van der Waals surface area contributed by atoms with Crippen molar-refractivity contribution in [1.29, 1.82) is 0 Å². The van der Waals surface area contributed by atoms with Crippen LogP contribution in [0.15, 0.2) is 34.7 Å². The zero-order chi connectivity index (χ0) is 17.1. The third-order valence-electron chi connectivity index (χ3n) is 4.66. The number of aliphatic hydroxyl groups excluding tert-OH is 1. The highest BCUT2D eigenvalue weighted by molar-refractivity contribution is 5.51. The van der Waals surface area contributed by atoms with E-state index in [1.54, 1.807) is 0 Å². The number of β-amino-alcohol motifs (C(OH)–C–C–N with tert-alkyl or cyclic N) is 1. The Morgan fingerprint density at radius 2 is 1.96 bits per heavy atom. The Bertz CT molecular complexity index is 643. The van der Waals surface area contributed by atoms with Crippen LogP contribution in [0.4, 0.5) is 0 Å². The molecule has 1 aliphatic heterocycles. The average Bonchev–Trinajstić information content (AvgIpc) is 3.06. The summed E-state index contributed by atoms with van der Waals surface area (Å²) in [6.45, 7) is 9.67. The van der Waals surface area contributed by atoms with E-state index in [4.69, 9.17) is 4.42 Å². The topological polar surface area (TPSA) is 65.6 Å². The Kier molecular flexibility index (Phi) is 5.28. The van der Waals surface area contributed by atoms with Crippen molar-refractivity contribution in [2.75, 3.05) is 26.2 Å². The van der Waals surface area contributed by atoms with Gasteiger partial charge in [0.1, 0.15) is 0 Å². The number of piperazine rings is 1. The molecule has 6 nitrogen and oxygen atoms in total. The fraction of sp³-hybridized carbons (Fsp3) is 0.556. The van der Waals surface area contributed by atoms with Crippen LogP contribution in [0.5, 0.6) is 0 Å². The molecule has 2 heterocycles. The monoisotopic (exact) mass is 330 g/mol. The van der Waals surface area contributed by atoms with E-state index in [-0.39, 0.29) is 12.1 Å². The number of hydrogen-bond acceptors (Lipinski definition) is 6. The van der Waals surface area contributed by atoms with Crippen molar-refractivity contribution < 1.29 is 9.52 Å². The van der Waals surface area contributed by atoms with Gasteiger partial charge in [-0.25, -0.2) is 0 Å². The summed E-state index contributed by atoms with van der Waals surface area (Å²) >= 11 is 0. The van der Waals surface area contributed by atoms with Crippen LogP contribution in [-0.2, 0) is 0 Å². The molecule has 1 N–H and O–H groups in total. The van der Waals surface area contributed by atoms with Gasteiger partial charge in [-0.3, -0.25) is 9.80 Å². The summed E-state index contributed by atoms with van der Waals surface area (Å²) < 4.78 is 5.89. The zero-order valence-electron chi connectivity index (χ0n) is 14.6. The SMILES string of the molecule is C[C@H](O)CN1CCN([C@@H](C)c2nnc(-c3ccccc3)o2)C[C@@H]1C. The number of aromatic nitrogens is 2. The van der Waals surface area contributed by atoms with Gasteiger partial charge in [-0.15, -0.1) is 10.2 Å². The lowest BCUT2D eigenvalue weighted by Crippen LogP contribution is -2.53. The lowest BCUT2D eigenvalue weighted by atomic mass is 10.1. The van der Waals surface area contributed by atoms with Gasteiger partial charge in [0, 0.05) is 37.8 Å². The summed E-state index contributed by atoms with van der Waals surface area (Å²) in [5.74, 6) is 1.23. The van der Waals surface area contributed by atoms with E-state index in [1.165, 1.54) is 0 Å². The molecule has 0 unspecified atom stereocenters. The summed E-state index contributed by atoms with van der Waals surface area (Å²) in [6, 6.07) is 10.3. The van der Waals surface area contributed by atoms with E-state index in [0.717, 1.165) is 31.7 Å². The summed E-state index contributed by atoms with van der Waals surface area (Å²) in [7, 11) is 0. The minimum Gasteiger partial charge on any atom is -0.419 e. The lowest BCUT2D eigenvalue weighted by molar-refractivity contribution is 0.0257. The quantitative estimate of drug-likeness (QED) is 0.906. The fourth-order valence-corrected chi connectivity index (χ4v) is 3.24. The molecule has 0 bridgehead atoms. The first-order chi connectivity index (χ1) is 11.5. The van der Waals surface area contributed by atoms with E-state index in [1.807, 2.05) is 37.3 Å². The third kappa shape index (κ3) is 3.83. The Labute approximate surface area is 143 Å². The molecule has 1 fully saturated rings. The average molecular weight is 330 g/mol. The molecular formula is C18H26N4O2. The predicted octanol–water partition coefficient (Wildman–Crippen LogP) is 2.18. The van der Waals surface area contributed by atoms with E-state index in [9.17, 15) is 5.11 Å². The standard InChI is InChI=1S/C18H26N4O2/c1-13-11-22(10-9-21(13)12-14(2)23)15(3)17-19-20-18(24-17)16-7-5-4-6-8-16/h4-8,13-15,23H,9-12H2,1-3H3/t13-,14-,15-/m0/s1. The van der Waals surface area contributed by atoms with Crippen molar-refractivity contribution in [3.8, 4) is 11.5 Å². The van der Waals surface area contributed by atoms with Crippen LogP contribution in [0.1, 0.15) is 32.7 Å². The van der Waals surface area contributed by atoms with Gasteiger partial charge in [0.25, 0.3) is 0 Å². The molecule has 0 aliphatic carbocycles. The molecule has 1 aliphatic rings. The predicted molar refractivity (Wildman–Crippen MR) is 92.4 cm³/mol. The van der Waals surface area contributed by atoms with Crippen molar-refractivity contribution in [1.82, 2.24) is 20.0 Å². The second-order valence-corrected chi connectivity index (χ2v) is 6.68. The Hall–Kier alpha value is -1.76. The molecule has 0 spiro atoms. The van der Waals surface area contributed by atoms with Crippen molar-refractivity contribution in [3.63, 3.8) is 0 Å². The second kappa shape index (κ2) is 7.42. The Morgan fingerprint density at radius 1 is 1.21 bits per heavy atom. The Balaban J connectivity index is 1.65. The maximum atomic E-state index is 9.60. The van der Waals surface area contributed by atoms with Crippen molar-refractivity contribution in [2.45, 2.75) is 39.0 Å². The van der Waals surface area contributed by atoms with Crippen LogP contribution in [0, 0.1) is 0 Å². The van der Waals surface area contributed by atoms with Crippen LogP contribution in [0.2, 0.25) is 0 Å². The fourth-order valence-electron chi connectivity index (χ4n) is 3.24. The van der Waals surface area contributed by atoms with Gasteiger partial charge in [-0.05, 0) is 32.9 Å². The van der Waals surface area contributed by atoms with Gasteiger partial charge in [0.2, 0.25) is 11.8 Å². The molecule has 0 radical (unpaired) electrons. The highest BCUT2D eigenvalue weighted by Crippen LogP contribution is 2.25. The highest BCUT2D eigenvalue weighted by atomic mass is 16.4. The first-order valence-corrected chi connectivity index (χ1v) is 8.59. The zero-order valence-corrected chi connectivity index (χ0v) is 14.6. The number of rotatable bonds is 5. The molecule has 1 aromatic heterocycles. The van der Waals surface area contributed by atoms with Gasteiger partial charge < -0.3 is 9.52 Å². The first-order valence-electron chi connectivity index (χ1n) is 8.59. The Morgan fingerprint density at radius 3 is 2.62 bits per heavy atom. The van der Waals surface area contributed by atoms with Crippen LogP contribution in [0.3, 0.4) is 0 Å². The molecule has 24 heavy (non-hydrogen) atoms. The van der Waals surface area contributed by atoms with Gasteiger partial charge in [0.15, 0.2) is 0 Å². The van der Waals surface area contributed by atoms with Crippen molar-refractivity contribution in [2.24, 2.45) is 0 Å². The minimum atomic E-state index is -0.291. The second-order valence-electron chi connectivity index (χ2n) is 6.68. The first kappa shape index (κ1) is 17.1. The summed E-state index contributed by atoms with van der Waals surface area (Å²) in [5, 5.41) is 18.0. The summed E-state index contributed by atoms with van der Waals surface area (Å²) in [6.07, 6.45) is -0.291. The van der Waals surface area contributed by atoms with E-state index in [2.05, 4.69) is 33.8 Å². The van der Waals surface area contributed by atoms with Crippen LogP contribution < -0.4 is 0 Å². The van der Waals surface area contributed by atoms with E-state index < -0.39 is 0 Å². The van der Waals surface area contributed by atoms with Crippen LogP contribution in [-0.4, -0.2) is 63.4 Å². The summed E-state index contributed by atoms with van der Waals surface area (Å²) in [5.41, 5.74) is 0.943. The maximum Gasteiger partial charge on any atom is 0.247 e. The number of hydrogen-bond donors (Lipinski definition) is 1. The van der Waals surface area contributed by atoms with Crippen molar-refractivity contribution >= 4 is 0 Å². The molecule has 6 heteroatoms. The highest BCUT2D eigenvalue weighted by Gasteiger charge is 2.30. The largest absolute Gasteiger partial charge is 0.419 e. The van der Waals surface area contributed by atoms with Gasteiger partial charge in [0.05, 0.1) is 12.1 Å². The molecule has 3 rings (SSSR count). The van der Waals surface area contributed by atoms with E-state index in [0.29, 0.717) is 17.8 Å². The molecule has 0 amide bonds. The normalized spacial score (nSPS) is 22.4. The van der Waals surface area contributed by atoms with Crippen LogP contribution >= 0.6 is 0 Å². The van der Waals surface area contributed by atoms with Gasteiger partial charge >= 0.3 is 0 Å². The molecule has 1 aromatic carbocycles. The van der Waals surface area contributed by atoms with E-state index >= 15 is 0 Å².